The zero-order valence-electron chi connectivity index (χ0n) is 13.6. The lowest BCUT2D eigenvalue weighted by atomic mass is 10.3. The fourth-order valence-corrected chi connectivity index (χ4v) is 2.65. The molecule has 1 atom stereocenters. The van der Waals surface area contributed by atoms with Gasteiger partial charge in [0, 0.05) is 51.7 Å². The van der Waals surface area contributed by atoms with E-state index < -0.39 is 0 Å². The quantitative estimate of drug-likeness (QED) is 0.837. The monoisotopic (exact) mass is 309 g/mol. The Balaban J connectivity index is 1.74. The first-order chi connectivity index (χ1) is 10.7. The molecule has 7 heteroatoms. The second-order valence-electron chi connectivity index (χ2n) is 5.75. The highest BCUT2D eigenvalue weighted by atomic mass is 16.5. The van der Waals surface area contributed by atoms with Crippen molar-refractivity contribution in [2.24, 2.45) is 0 Å². The van der Waals surface area contributed by atoms with Crippen molar-refractivity contribution >= 4 is 6.03 Å². The number of aromatic nitrogens is 2. The lowest BCUT2D eigenvalue weighted by Crippen LogP contribution is -2.46. The van der Waals surface area contributed by atoms with Gasteiger partial charge in [-0.2, -0.15) is 5.10 Å². The van der Waals surface area contributed by atoms with Crippen LogP contribution in [0.1, 0.15) is 13.3 Å². The van der Waals surface area contributed by atoms with Crippen LogP contribution >= 0.6 is 0 Å². The van der Waals surface area contributed by atoms with E-state index in [1.54, 1.807) is 13.3 Å². The van der Waals surface area contributed by atoms with E-state index in [4.69, 9.17) is 4.74 Å². The minimum absolute atomic E-state index is 0.0215. The molecule has 1 aliphatic rings. The first-order valence-electron chi connectivity index (χ1n) is 7.93. The average Bonchev–Trinajstić information content (AvgIpc) is 2.87. The first kappa shape index (κ1) is 16.8. The third-order valence-electron chi connectivity index (χ3n) is 3.88. The predicted molar refractivity (Wildman–Crippen MR) is 84.7 cm³/mol. The smallest absolute Gasteiger partial charge is 0.317 e. The van der Waals surface area contributed by atoms with Crippen LogP contribution in [0.5, 0.6) is 0 Å². The maximum absolute atomic E-state index is 12.4. The normalized spacial score (nSPS) is 18.0. The summed E-state index contributed by atoms with van der Waals surface area (Å²) < 4.78 is 6.95. The maximum atomic E-state index is 12.4. The van der Waals surface area contributed by atoms with Gasteiger partial charge in [0.25, 0.3) is 0 Å². The van der Waals surface area contributed by atoms with E-state index in [-0.39, 0.29) is 12.1 Å². The number of ether oxygens (including phenoxy) is 1. The number of methoxy groups -OCH3 is 1. The van der Waals surface area contributed by atoms with Crippen LogP contribution in [-0.2, 0) is 11.3 Å². The molecular formula is C15H27N5O2. The Kier molecular flexibility index (Phi) is 6.67. The minimum Gasteiger partial charge on any atom is -0.383 e. The van der Waals surface area contributed by atoms with Crippen LogP contribution in [0.15, 0.2) is 18.5 Å². The molecule has 2 amide bonds. The van der Waals surface area contributed by atoms with Crippen molar-refractivity contribution < 1.29 is 9.53 Å². The van der Waals surface area contributed by atoms with E-state index in [1.807, 2.05) is 28.8 Å². The van der Waals surface area contributed by atoms with Gasteiger partial charge in [-0.3, -0.25) is 9.58 Å². The summed E-state index contributed by atoms with van der Waals surface area (Å²) in [6.45, 7) is 7.87. The molecular weight excluding hydrogens is 282 g/mol. The van der Waals surface area contributed by atoms with Gasteiger partial charge in [0.2, 0.25) is 0 Å². The molecule has 1 aliphatic heterocycles. The van der Waals surface area contributed by atoms with Crippen molar-refractivity contribution in [3.63, 3.8) is 0 Å². The molecule has 0 radical (unpaired) electrons. The van der Waals surface area contributed by atoms with Gasteiger partial charge >= 0.3 is 6.03 Å². The number of nitrogens with zero attached hydrogens (tertiary/aromatic N) is 4. The van der Waals surface area contributed by atoms with Gasteiger partial charge in [-0.15, -0.1) is 0 Å². The molecule has 1 aromatic heterocycles. The summed E-state index contributed by atoms with van der Waals surface area (Å²) in [7, 11) is 1.72. The maximum Gasteiger partial charge on any atom is 0.317 e. The number of carbonyl (C=O) groups is 1. The molecule has 1 N–H and O–H groups in total. The third kappa shape index (κ3) is 5.31. The molecule has 2 rings (SSSR count). The van der Waals surface area contributed by atoms with Crippen LogP contribution in [-0.4, -0.2) is 78.1 Å². The number of hydrogen-bond acceptors (Lipinski definition) is 4. The molecule has 1 saturated heterocycles. The Morgan fingerprint density at radius 2 is 2.23 bits per heavy atom. The molecule has 0 saturated carbocycles. The van der Waals surface area contributed by atoms with Gasteiger partial charge in [0.05, 0.1) is 13.2 Å². The zero-order chi connectivity index (χ0) is 15.8. The summed E-state index contributed by atoms with van der Waals surface area (Å²) >= 11 is 0. The van der Waals surface area contributed by atoms with Gasteiger partial charge in [0.1, 0.15) is 0 Å². The second kappa shape index (κ2) is 8.75. The zero-order valence-corrected chi connectivity index (χ0v) is 13.6. The van der Waals surface area contributed by atoms with Crippen LogP contribution in [0, 0.1) is 0 Å². The second-order valence-corrected chi connectivity index (χ2v) is 5.75. The van der Waals surface area contributed by atoms with E-state index in [0.717, 1.165) is 45.8 Å². The van der Waals surface area contributed by atoms with Crippen LogP contribution in [0.25, 0.3) is 0 Å². The van der Waals surface area contributed by atoms with E-state index in [2.05, 4.69) is 15.3 Å². The highest BCUT2D eigenvalue weighted by Gasteiger charge is 2.20. The van der Waals surface area contributed by atoms with Crippen molar-refractivity contribution in [3.8, 4) is 0 Å². The topological polar surface area (TPSA) is 62.6 Å². The van der Waals surface area contributed by atoms with Crippen LogP contribution in [0.3, 0.4) is 0 Å². The van der Waals surface area contributed by atoms with E-state index >= 15 is 0 Å². The fourth-order valence-electron chi connectivity index (χ4n) is 2.65. The summed E-state index contributed by atoms with van der Waals surface area (Å²) in [4.78, 5) is 16.6. The Morgan fingerprint density at radius 3 is 2.95 bits per heavy atom. The van der Waals surface area contributed by atoms with E-state index in [9.17, 15) is 4.79 Å². The molecule has 124 valence electrons. The van der Waals surface area contributed by atoms with Gasteiger partial charge in [-0.05, 0) is 26.0 Å². The van der Waals surface area contributed by atoms with Crippen LogP contribution < -0.4 is 5.32 Å². The highest BCUT2D eigenvalue weighted by molar-refractivity contribution is 5.74. The minimum atomic E-state index is 0.0215. The molecule has 0 bridgehead atoms. The fraction of sp³-hybridized carbons (Fsp3) is 0.733. The lowest BCUT2D eigenvalue weighted by Gasteiger charge is -2.24. The molecule has 0 unspecified atom stereocenters. The largest absolute Gasteiger partial charge is 0.383 e. The van der Waals surface area contributed by atoms with Gasteiger partial charge in [-0.25, -0.2) is 4.79 Å². The van der Waals surface area contributed by atoms with Gasteiger partial charge in [0.15, 0.2) is 0 Å². The lowest BCUT2D eigenvalue weighted by molar-refractivity contribution is 0.149. The van der Waals surface area contributed by atoms with Gasteiger partial charge < -0.3 is 15.0 Å². The molecule has 7 nitrogen and oxygen atoms in total. The standard InChI is InChI=1S/C15H27N5O2/c1-14(13-20-8-3-5-16-20)17-15(21)19-7-4-6-18(9-10-19)11-12-22-2/h3,5,8,14H,4,6-7,9-13H2,1-2H3,(H,17,21)/t14-/m1/s1. The van der Waals surface area contributed by atoms with Crippen molar-refractivity contribution in [1.29, 1.82) is 0 Å². The van der Waals surface area contributed by atoms with Crippen molar-refractivity contribution in [3.05, 3.63) is 18.5 Å². The third-order valence-corrected chi connectivity index (χ3v) is 3.88. The number of nitrogens with one attached hydrogen (secondary N) is 1. The van der Waals surface area contributed by atoms with E-state index in [0.29, 0.717) is 6.54 Å². The molecule has 22 heavy (non-hydrogen) atoms. The summed E-state index contributed by atoms with van der Waals surface area (Å²) in [5.74, 6) is 0. The van der Waals surface area contributed by atoms with Crippen LogP contribution in [0.2, 0.25) is 0 Å². The molecule has 0 aliphatic carbocycles. The summed E-state index contributed by atoms with van der Waals surface area (Å²) in [6.07, 6.45) is 4.66. The number of carbonyl (C=O) groups excluding carboxylic acids is 1. The highest BCUT2D eigenvalue weighted by Crippen LogP contribution is 2.04. The van der Waals surface area contributed by atoms with Crippen molar-refractivity contribution in [1.82, 2.24) is 24.9 Å². The number of amides is 2. The van der Waals surface area contributed by atoms with E-state index in [1.165, 1.54) is 0 Å². The molecule has 2 heterocycles. The Hall–Kier alpha value is -1.60. The SMILES string of the molecule is COCCN1CCCN(C(=O)N[C@H](C)Cn2cccn2)CC1. The Bertz CT molecular complexity index is 437. The number of hydrogen-bond donors (Lipinski definition) is 1. The van der Waals surface area contributed by atoms with Crippen molar-refractivity contribution in [2.75, 3.05) is 46.4 Å². The summed E-state index contributed by atoms with van der Waals surface area (Å²) in [6, 6.07) is 1.96. The molecule has 1 aromatic rings. The molecule has 0 spiro atoms. The summed E-state index contributed by atoms with van der Waals surface area (Å²) in [5, 5.41) is 7.22. The molecule has 1 fully saturated rings. The summed E-state index contributed by atoms with van der Waals surface area (Å²) in [5.41, 5.74) is 0. The Morgan fingerprint density at radius 1 is 1.36 bits per heavy atom. The van der Waals surface area contributed by atoms with Gasteiger partial charge in [-0.1, -0.05) is 0 Å². The molecule has 0 aromatic carbocycles. The number of urea groups is 1. The predicted octanol–water partition coefficient (Wildman–Crippen LogP) is 0.635. The average molecular weight is 309 g/mol. The number of rotatable bonds is 6. The first-order valence-corrected chi connectivity index (χ1v) is 7.93. The Labute approximate surface area is 132 Å². The van der Waals surface area contributed by atoms with Crippen LogP contribution in [0.4, 0.5) is 4.79 Å². The van der Waals surface area contributed by atoms with Crippen molar-refractivity contribution in [2.45, 2.75) is 25.9 Å².